The smallest absolute Gasteiger partial charge is 0.387 e. The third-order valence-electron chi connectivity index (χ3n) is 13.5. The van der Waals surface area contributed by atoms with E-state index in [1.54, 1.807) is 6.08 Å². The molecular weight excluding hydrogens is 948 g/mol. The number of nitrogens with one attached hydrogen (secondary N) is 1. The minimum Gasteiger partial charge on any atom is -0.387 e. The van der Waals surface area contributed by atoms with Crippen LogP contribution in [0, 0.1) is 0 Å². The predicted octanol–water partition coefficient (Wildman–Crippen LogP) is 19.4. The molecule has 0 aliphatic carbocycles. The fourth-order valence-electron chi connectivity index (χ4n) is 8.69. The minimum atomic E-state index is -4.36. The Balaban J connectivity index is 4.03. The highest BCUT2D eigenvalue weighted by Gasteiger charge is 2.27. The second-order valence-electron chi connectivity index (χ2n) is 22.0. The number of phosphoric ester groups is 1. The van der Waals surface area contributed by atoms with Crippen LogP contribution >= 0.6 is 7.82 Å². The minimum absolute atomic E-state index is 0.0516. The third kappa shape index (κ3) is 58.9. The van der Waals surface area contributed by atoms with Gasteiger partial charge in [-0.25, -0.2) is 4.57 Å². The van der Waals surface area contributed by atoms with Crippen LogP contribution in [0.2, 0.25) is 0 Å². The number of aliphatic hydroxyl groups excluding tert-OH is 1. The van der Waals surface area contributed by atoms with E-state index in [4.69, 9.17) is 9.05 Å². The van der Waals surface area contributed by atoms with E-state index in [1.165, 1.54) is 167 Å². The molecule has 75 heavy (non-hydrogen) atoms. The van der Waals surface area contributed by atoms with Crippen molar-refractivity contribution in [2.75, 3.05) is 40.9 Å². The van der Waals surface area contributed by atoms with E-state index in [-0.39, 0.29) is 19.1 Å². The van der Waals surface area contributed by atoms with Gasteiger partial charge in [-0.05, 0) is 89.9 Å². The number of phosphoric acid groups is 1. The average Bonchev–Trinajstić information content (AvgIpc) is 3.37. The van der Waals surface area contributed by atoms with Gasteiger partial charge in [0.15, 0.2) is 0 Å². The quantitative estimate of drug-likeness (QED) is 0.0243. The van der Waals surface area contributed by atoms with E-state index in [0.717, 1.165) is 77.0 Å². The van der Waals surface area contributed by atoms with Crippen molar-refractivity contribution >= 4 is 13.7 Å². The molecule has 0 spiro atoms. The van der Waals surface area contributed by atoms with Crippen LogP contribution in [0.25, 0.3) is 0 Å². The van der Waals surface area contributed by atoms with E-state index in [9.17, 15) is 19.4 Å². The fraction of sp³-hybridized carbons (Fsp3) is 0.742. The van der Waals surface area contributed by atoms with Gasteiger partial charge in [0.05, 0.1) is 39.9 Å². The first-order valence-corrected chi connectivity index (χ1v) is 32.6. The van der Waals surface area contributed by atoms with E-state index in [1.807, 2.05) is 27.2 Å². The summed E-state index contributed by atoms with van der Waals surface area (Å²) in [6, 6.07) is -0.873. The van der Waals surface area contributed by atoms with Crippen molar-refractivity contribution in [2.45, 2.75) is 276 Å². The van der Waals surface area contributed by atoms with Gasteiger partial charge < -0.3 is 19.8 Å². The Kier molecular flexibility index (Phi) is 54.2. The second kappa shape index (κ2) is 56.2. The summed E-state index contributed by atoms with van der Waals surface area (Å²) < 4.78 is 23.7. The maximum atomic E-state index is 13.0. The Morgan fingerprint density at radius 3 is 1.23 bits per heavy atom. The zero-order valence-corrected chi connectivity index (χ0v) is 50.4. The van der Waals surface area contributed by atoms with Crippen molar-refractivity contribution in [3.63, 3.8) is 0 Å². The lowest BCUT2D eigenvalue weighted by Crippen LogP contribution is -2.45. The number of hydrogen-bond donors (Lipinski definition) is 3. The van der Waals surface area contributed by atoms with E-state index >= 15 is 0 Å². The molecule has 0 fully saturated rings. The molecule has 434 valence electrons. The Labute approximate surface area is 464 Å². The number of hydrogen-bond acceptors (Lipinski definition) is 5. The van der Waals surface area contributed by atoms with Crippen molar-refractivity contribution in [3.8, 4) is 0 Å². The summed E-state index contributed by atoms with van der Waals surface area (Å²) in [7, 11) is 1.54. The van der Waals surface area contributed by atoms with Crippen LogP contribution in [-0.2, 0) is 18.4 Å². The van der Waals surface area contributed by atoms with E-state index in [0.29, 0.717) is 17.4 Å². The van der Waals surface area contributed by atoms with Gasteiger partial charge in [0.25, 0.3) is 0 Å². The topological polar surface area (TPSA) is 105 Å². The number of carbonyl (C=O) groups is 1. The lowest BCUT2D eigenvalue weighted by molar-refractivity contribution is -0.870. The molecule has 0 saturated carbocycles. The van der Waals surface area contributed by atoms with Gasteiger partial charge in [-0.15, -0.1) is 0 Å². The van der Waals surface area contributed by atoms with Crippen LogP contribution in [0.15, 0.2) is 97.2 Å². The van der Waals surface area contributed by atoms with Crippen LogP contribution in [0.5, 0.6) is 0 Å². The highest BCUT2D eigenvalue weighted by Crippen LogP contribution is 2.43. The molecule has 0 aliphatic rings. The molecule has 0 aromatic carbocycles. The molecule has 0 aromatic heterocycles. The monoisotopic (exact) mass is 1070 g/mol. The predicted molar refractivity (Wildman–Crippen MR) is 327 cm³/mol. The molecule has 3 N–H and O–H groups in total. The molecular formula is C66H120N2O6P+. The highest BCUT2D eigenvalue weighted by atomic mass is 31.2. The summed E-state index contributed by atoms with van der Waals surface area (Å²) in [6.07, 6.45) is 81.1. The molecule has 1 amide bonds. The number of allylic oxidation sites excluding steroid dienone is 15. The highest BCUT2D eigenvalue weighted by molar-refractivity contribution is 7.47. The van der Waals surface area contributed by atoms with Gasteiger partial charge in [0.2, 0.25) is 5.91 Å². The van der Waals surface area contributed by atoms with Gasteiger partial charge >= 0.3 is 7.82 Å². The first-order valence-electron chi connectivity index (χ1n) is 31.1. The second-order valence-corrected chi connectivity index (χ2v) is 23.5. The molecule has 0 heterocycles. The normalized spacial score (nSPS) is 14.5. The summed E-state index contributed by atoms with van der Waals surface area (Å²) in [5.41, 5.74) is 0. The summed E-state index contributed by atoms with van der Waals surface area (Å²) in [4.78, 5) is 23.3. The SMILES string of the molecule is CC/C=C\C/C=C\C/C=C\C/C=C\C/C=C\CCCCCCCCCCCCCCCCCCCCCCCC(=O)NC(COP(=O)(O)OCC[N+](C)(C)C)C(O)/C=C/CC/C=C/CC/C=C/CCCCCCCC. The number of nitrogens with zero attached hydrogens (tertiary/aromatic N) is 1. The summed E-state index contributed by atoms with van der Waals surface area (Å²) in [5.74, 6) is -0.190. The van der Waals surface area contributed by atoms with Crippen LogP contribution in [0.1, 0.15) is 264 Å². The van der Waals surface area contributed by atoms with Crippen molar-refractivity contribution in [1.82, 2.24) is 5.32 Å². The van der Waals surface area contributed by atoms with E-state index < -0.39 is 20.0 Å². The Morgan fingerprint density at radius 1 is 0.467 bits per heavy atom. The maximum Gasteiger partial charge on any atom is 0.472 e. The van der Waals surface area contributed by atoms with Crippen LogP contribution in [-0.4, -0.2) is 73.4 Å². The summed E-state index contributed by atoms with van der Waals surface area (Å²) in [6.45, 7) is 4.67. The van der Waals surface area contributed by atoms with Crippen LogP contribution in [0.4, 0.5) is 0 Å². The number of rotatable bonds is 56. The first kappa shape index (κ1) is 72.4. The zero-order chi connectivity index (χ0) is 54.9. The van der Waals surface area contributed by atoms with Crippen molar-refractivity contribution in [2.24, 2.45) is 0 Å². The Hall–Kier alpha value is -2.58. The van der Waals surface area contributed by atoms with Crippen molar-refractivity contribution in [3.05, 3.63) is 97.2 Å². The molecule has 3 atom stereocenters. The summed E-state index contributed by atoms with van der Waals surface area (Å²) >= 11 is 0. The number of quaternary nitrogens is 1. The number of aliphatic hydroxyl groups is 1. The lowest BCUT2D eigenvalue weighted by Gasteiger charge is -2.25. The average molecular weight is 1070 g/mol. The van der Waals surface area contributed by atoms with E-state index in [2.05, 4.69) is 104 Å². The van der Waals surface area contributed by atoms with Gasteiger partial charge in [-0.1, -0.05) is 265 Å². The molecule has 0 aliphatic heterocycles. The van der Waals surface area contributed by atoms with Gasteiger partial charge in [0.1, 0.15) is 13.2 Å². The number of unbranched alkanes of at least 4 members (excludes halogenated alkanes) is 29. The van der Waals surface area contributed by atoms with Gasteiger partial charge in [0, 0.05) is 6.42 Å². The zero-order valence-electron chi connectivity index (χ0n) is 49.5. The molecule has 0 rings (SSSR count). The lowest BCUT2D eigenvalue weighted by atomic mass is 10.0. The van der Waals surface area contributed by atoms with Gasteiger partial charge in [-0.2, -0.15) is 0 Å². The Bertz CT molecular complexity index is 1540. The van der Waals surface area contributed by atoms with Gasteiger partial charge in [-0.3, -0.25) is 13.8 Å². The molecule has 0 bridgehead atoms. The molecule has 8 nitrogen and oxygen atoms in total. The fourth-order valence-corrected chi connectivity index (χ4v) is 9.43. The molecule has 0 radical (unpaired) electrons. The molecule has 0 saturated heterocycles. The number of amides is 1. The number of likely N-dealkylation sites (N-methyl/N-ethyl adjacent to an activating group) is 1. The summed E-state index contributed by atoms with van der Waals surface area (Å²) in [5, 5.41) is 13.9. The molecule has 3 unspecified atom stereocenters. The largest absolute Gasteiger partial charge is 0.472 e. The van der Waals surface area contributed by atoms with Crippen LogP contribution < -0.4 is 5.32 Å². The van der Waals surface area contributed by atoms with Crippen LogP contribution in [0.3, 0.4) is 0 Å². The third-order valence-corrected chi connectivity index (χ3v) is 14.5. The van der Waals surface area contributed by atoms with Crippen molar-refractivity contribution in [1.29, 1.82) is 0 Å². The molecule has 9 heteroatoms. The first-order chi connectivity index (χ1) is 36.5. The Morgan fingerprint density at radius 2 is 0.813 bits per heavy atom. The molecule has 0 aromatic rings. The standard InChI is InChI=1S/C66H119N2O6P/c1-6-8-10-12-14-16-18-20-22-24-25-26-27-28-29-30-31-32-33-34-35-36-37-38-39-40-41-42-43-44-46-48-50-52-54-56-58-60-66(70)67-64(63-74-75(71,72)73-62-61-68(3,4)5)65(69)59-57-55-53-51-49-47-45-23-21-19-17-15-13-11-9-7-2/h8,10,14,16,20-23,25-26,28-29,49,51,57,59,64-65,69H,6-7,9,11-13,15,17-19,24,27,30-48,50,52-56,58,60-63H2,1-5H3,(H-,67,70,71,72)/p+1/b10-8-,16-14-,22-20-,23-21+,26-25-,29-28-,51-49+,59-57+. The van der Waals surface area contributed by atoms with Crippen molar-refractivity contribution < 1.29 is 32.9 Å². The maximum absolute atomic E-state index is 13.0. The number of carbonyl (C=O) groups excluding carboxylic acids is 1.